The number of rotatable bonds is 11. The first-order valence-corrected chi connectivity index (χ1v) is 16.6. The maximum atomic E-state index is 14.1. The predicted octanol–water partition coefficient (Wildman–Crippen LogP) is 5.68. The summed E-state index contributed by atoms with van der Waals surface area (Å²) in [5, 5.41) is 3.17. The van der Waals surface area contributed by atoms with Crippen LogP contribution in [-0.4, -0.2) is 50.0 Å². The van der Waals surface area contributed by atoms with Gasteiger partial charge in [-0.1, -0.05) is 93.2 Å². The normalized spacial score (nSPS) is 14.5. The third kappa shape index (κ3) is 8.41. The van der Waals surface area contributed by atoms with Gasteiger partial charge in [-0.05, 0) is 54.3 Å². The van der Waals surface area contributed by atoms with Gasteiger partial charge in [-0.25, -0.2) is 8.42 Å². The fourth-order valence-corrected chi connectivity index (χ4v) is 6.67. The van der Waals surface area contributed by atoms with Crippen LogP contribution in [0.15, 0.2) is 87.8 Å². The zero-order valence-corrected chi connectivity index (χ0v) is 26.3. The van der Waals surface area contributed by atoms with E-state index in [1.165, 1.54) is 4.90 Å². The number of nitrogens with zero attached hydrogens (tertiary/aromatic N) is 2. The van der Waals surface area contributed by atoms with Crippen molar-refractivity contribution in [3.8, 4) is 0 Å². The van der Waals surface area contributed by atoms with Crippen molar-refractivity contribution >= 4 is 59.4 Å². The van der Waals surface area contributed by atoms with E-state index in [2.05, 4.69) is 37.2 Å². The predicted molar refractivity (Wildman–Crippen MR) is 165 cm³/mol. The Kier molecular flexibility index (Phi) is 10.4. The fraction of sp³-hybridized carbons (Fsp3) is 0.333. The van der Waals surface area contributed by atoms with Crippen LogP contribution in [0.4, 0.5) is 5.69 Å². The number of halogens is 2. The molecule has 2 amide bonds. The molecular formula is C30H33Br2N3O4S. The zero-order chi connectivity index (χ0) is 28.7. The van der Waals surface area contributed by atoms with Crippen molar-refractivity contribution < 1.29 is 18.0 Å². The molecule has 1 unspecified atom stereocenters. The smallest absolute Gasteiger partial charge is 0.244 e. The van der Waals surface area contributed by atoms with Crippen molar-refractivity contribution in [3.05, 3.63) is 98.9 Å². The average molecular weight is 691 g/mol. The van der Waals surface area contributed by atoms with Crippen molar-refractivity contribution in [2.45, 2.75) is 50.7 Å². The minimum atomic E-state index is -3.81. The summed E-state index contributed by atoms with van der Waals surface area (Å²) >= 11 is 6.89. The highest BCUT2D eigenvalue weighted by molar-refractivity contribution is 9.10. The molecule has 0 radical (unpaired) electrons. The number of anilines is 1. The molecular weight excluding hydrogens is 658 g/mol. The summed E-state index contributed by atoms with van der Waals surface area (Å²) in [5.74, 6) is -0.694. The van der Waals surface area contributed by atoms with E-state index < -0.39 is 28.5 Å². The summed E-state index contributed by atoms with van der Waals surface area (Å²) in [7, 11) is -3.81. The third-order valence-corrected chi connectivity index (χ3v) is 9.12. The molecule has 0 aromatic heterocycles. The molecule has 10 heteroatoms. The Balaban J connectivity index is 1.72. The van der Waals surface area contributed by atoms with E-state index >= 15 is 0 Å². The van der Waals surface area contributed by atoms with Gasteiger partial charge in [-0.2, -0.15) is 0 Å². The Morgan fingerprint density at radius 1 is 0.900 bits per heavy atom. The Bertz CT molecular complexity index is 1430. The monoisotopic (exact) mass is 689 g/mol. The summed E-state index contributed by atoms with van der Waals surface area (Å²) in [6, 6.07) is 23.2. The third-order valence-electron chi connectivity index (χ3n) is 6.99. The number of nitrogens with one attached hydrogen (secondary N) is 1. The lowest BCUT2D eigenvalue weighted by Gasteiger charge is -2.34. The molecule has 0 bridgehead atoms. The van der Waals surface area contributed by atoms with E-state index in [4.69, 9.17) is 0 Å². The van der Waals surface area contributed by atoms with Crippen molar-refractivity contribution in [3.63, 3.8) is 0 Å². The first-order valence-electron chi connectivity index (χ1n) is 13.2. The Morgan fingerprint density at radius 2 is 1.52 bits per heavy atom. The summed E-state index contributed by atoms with van der Waals surface area (Å²) in [4.78, 5) is 29.5. The average Bonchev–Trinajstić information content (AvgIpc) is 3.42. The van der Waals surface area contributed by atoms with Gasteiger partial charge in [0.1, 0.15) is 12.6 Å². The Labute approximate surface area is 253 Å². The summed E-state index contributed by atoms with van der Waals surface area (Å²) in [6.45, 7) is -0.296. The quantitative estimate of drug-likeness (QED) is 0.281. The van der Waals surface area contributed by atoms with Crippen LogP contribution >= 0.6 is 31.9 Å². The maximum Gasteiger partial charge on any atom is 0.244 e. The van der Waals surface area contributed by atoms with Gasteiger partial charge in [-0.15, -0.1) is 0 Å². The van der Waals surface area contributed by atoms with Gasteiger partial charge in [0, 0.05) is 28.0 Å². The SMILES string of the molecule is CS(=O)(=O)N(CC(=O)N(Cc1cccc(Br)c1)C(Cc1ccccc1)C(=O)NC1CCCC1)c1cccc(Br)c1. The minimum Gasteiger partial charge on any atom is -0.352 e. The lowest BCUT2D eigenvalue weighted by Crippen LogP contribution is -2.54. The molecule has 1 atom stereocenters. The van der Waals surface area contributed by atoms with Crippen molar-refractivity contribution in [2.24, 2.45) is 0 Å². The van der Waals surface area contributed by atoms with Crippen LogP contribution in [0.25, 0.3) is 0 Å². The highest BCUT2D eigenvalue weighted by Crippen LogP contribution is 2.24. The van der Waals surface area contributed by atoms with Crippen LogP contribution in [0.1, 0.15) is 36.8 Å². The van der Waals surface area contributed by atoms with Crippen LogP contribution in [0.5, 0.6) is 0 Å². The van der Waals surface area contributed by atoms with E-state index in [1.54, 1.807) is 24.3 Å². The van der Waals surface area contributed by atoms with Crippen molar-refractivity contribution in [1.82, 2.24) is 10.2 Å². The molecule has 1 N–H and O–H groups in total. The van der Waals surface area contributed by atoms with E-state index in [-0.39, 0.29) is 18.5 Å². The number of amides is 2. The second kappa shape index (κ2) is 13.8. The molecule has 1 aliphatic carbocycles. The molecule has 0 aliphatic heterocycles. The van der Waals surface area contributed by atoms with Crippen molar-refractivity contribution in [1.29, 1.82) is 0 Å². The van der Waals surface area contributed by atoms with Gasteiger partial charge in [0.25, 0.3) is 0 Å². The minimum absolute atomic E-state index is 0.0720. The van der Waals surface area contributed by atoms with Gasteiger partial charge in [0.15, 0.2) is 0 Å². The van der Waals surface area contributed by atoms with Crippen molar-refractivity contribution in [2.75, 3.05) is 17.1 Å². The highest BCUT2D eigenvalue weighted by Gasteiger charge is 2.34. The van der Waals surface area contributed by atoms with Crippen LogP contribution in [-0.2, 0) is 32.6 Å². The molecule has 1 saturated carbocycles. The summed E-state index contributed by atoms with van der Waals surface area (Å²) < 4.78 is 28.4. The number of hydrogen-bond acceptors (Lipinski definition) is 4. The molecule has 3 aromatic rings. The summed E-state index contributed by atoms with van der Waals surface area (Å²) in [6.07, 6.45) is 5.32. The lowest BCUT2D eigenvalue weighted by atomic mass is 10.0. The number of hydrogen-bond donors (Lipinski definition) is 1. The molecule has 7 nitrogen and oxygen atoms in total. The van der Waals surface area contributed by atoms with Crippen LogP contribution in [0.3, 0.4) is 0 Å². The first kappa shape index (κ1) is 30.3. The standard InChI is InChI=1S/C30H33Br2N3O4S/c1-40(38,39)35(27-16-8-13-25(32)19-27)21-29(36)34(20-23-11-7-12-24(31)17-23)28(18-22-9-3-2-4-10-22)30(37)33-26-14-5-6-15-26/h2-4,7-13,16-17,19,26,28H,5-6,14-15,18,20-21H2,1H3,(H,33,37). The van der Waals surface area contributed by atoms with Crippen LogP contribution in [0, 0.1) is 0 Å². The van der Waals surface area contributed by atoms with Crippen LogP contribution < -0.4 is 9.62 Å². The molecule has 0 spiro atoms. The van der Waals surface area contributed by atoms with E-state index in [0.717, 1.165) is 51.8 Å². The fourth-order valence-electron chi connectivity index (χ4n) is 5.00. The Hall–Kier alpha value is -2.69. The number of carbonyl (C=O) groups excluding carboxylic acids is 2. The van der Waals surface area contributed by atoms with E-state index in [9.17, 15) is 18.0 Å². The largest absolute Gasteiger partial charge is 0.352 e. The van der Waals surface area contributed by atoms with Crippen LogP contribution in [0.2, 0.25) is 0 Å². The molecule has 1 aliphatic rings. The molecule has 0 heterocycles. The molecule has 4 rings (SSSR count). The summed E-state index contributed by atoms with van der Waals surface area (Å²) in [5.41, 5.74) is 2.10. The molecule has 3 aromatic carbocycles. The van der Waals surface area contributed by atoms with Gasteiger partial charge >= 0.3 is 0 Å². The van der Waals surface area contributed by atoms with Gasteiger partial charge in [-0.3, -0.25) is 13.9 Å². The highest BCUT2D eigenvalue weighted by atomic mass is 79.9. The van der Waals surface area contributed by atoms with E-state index in [0.29, 0.717) is 16.6 Å². The van der Waals surface area contributed by atoms with E-state index in [1.807, 2.05) is 54.6 Å². The first-order chi connectivity index (χ1) is 19.1. The second-order valence-electron chi connectivity index (χ2n) is 10.1. The number of sulfonamides is 1. The lowest BCUT2D eigenvalue weighted by molar-refractivity contribution is -0.140. The molecule has 40 heavy (non-hydrogen) atoms. The van der Waals surface area contributed by atoms with Gasteiger partial charge in [0.2, 0.25) is 21.8 Å². The number of benzene rings is 3. The maximum absolute atomic E-state index is 14.1. The molecule has 212 valence electrons. The topological polar surface area (TPSA) is 86.8 Å². The molecule has 0 saturated heterocycles. The second-order valence-corrected chi connectivity index (χ2v) is 13.8. The van der Waals surface area contributed by atoms with Gasteiger partial charge in [0.05, 0.1) is 11.9 Å². The van der Waals surface area contributed by atoms with Gasteiger partial charge < -0.3 is 10.2 Å². The Morgan fingerprint density at radius 3 is 2.15 bits per heavy atom. The zero-order valence-electron chi connectivity index (χ0n) is 22.3. The number of carbonyl (C=O) groups is 2. The molecule has 1 fully saturated rings.